The molecule has 0 saturated heterocycles. The minimum Gasteiger partial charge on any atom is -0.374 e. The molecule has 0 aliphatic carbocycles. The first kappa shape index (κ1) is 14.8. The molecule has 1 amide bonds. The van der Waals surface area contributed by atoms with Crippen LogP contribution in [0.5, 0.6) is 0 Å². The van der Waals surface area contributed by atoms with E-state index in [1.165, 1.54) is 28.7 Å². The molecule has 20 heavy (non-hydrogen) atoms. The van der Waals surface area contributed by atoms with Crippen molar-refractivity contribution in [1.82, 2.24) is 10.2 Å². The van der Waals surface area contributed by atoms with Gasteiger partial charge in [-0.1, -0.05) is 29.2 Å². The number of carbonyl (C=O) groups excluding carboxylic acids is 1. The maximum Gasteiger partial charge on any atom is 0.237 e. The third-order valence-electron chi connectivity index (χ3n) is 2.84. The lowest BCUT2D eigenvalue weighted by Crippen LogP contribution is -2.22. The zero-order valence-electron chi connectivity index (χ0n) is 11.5. The Balaban J connectivity index is 1.98. The minimum absolute atomic E-state index is 0.0629. The number of thioether (sulfide) groups is 1. The van der Waals surface area contributed by atoms with E-state index >= 15 is 0 Å². The highest BCUT2D eigenvalue weighted by atomic mass is 32.2. The summed E-state index contributed by atoms with van der Waals surface area (Å²) in [6.07, 6.45) is 0. The van der Waals surface area contributed by atoms with E-state index < -0.39 is 0 Å². The van der Waals surface area contributed by atoms with Crippen LogP contribution in [0.2, 0.25) is 0 Å². The van der Waals surface area contributed by atoms with Crippen LogP contribution in [0.4, 0.5) is 10.8 Å². The Bertz CT molecular complexity index is 627. The molecule has 0 bridgehead atoms. The minimum atomic E-state index is -0.260. The lowest BCUT2D eigenvalue weighted by molar-refractivity contribution is -0.115. The number of nitrogens with one attached hydrogen (secondary N) is 1. The number of hydrogen-bond acceptors (Lipinski definition) is 6. The second kappa shape index (κ2) is 6.23. The van der Waals surface area contributed by atoms with Crippen molar-refractivity contribution in [2.75, 3.05) is 11.1 Å². The largest absolute Gasteiger partial charge is 0.374 e. The second-order valence-corrected chi connectivity index (χ2v) is 7.05. The molecular formula is C13H16N4OS2. The van der Waals surface area contributed by atoms with E-state index in [0.717, 1.165) is 11.3 Å². The molecule has 0 radical (unpaired) electrons. The molecule has 1 aromatic heterocycles. The zero-order chi connectivity index (χ0) is 14.7. The van der Waals surface area contributed by atoms with Gasteiger partial charge in [0.1, 0.15) is 0 Å². The third-order valence-corrected chi connectivity index (χ3v) is 4.78. The number of aromatic nitrogens is 2. The van der Waals surface area contributed by atoms with Crippen molar-refractivity contribution in [3.05, 3.63) is 29.3 Å². The SMILES string of the molecule is Cc1ccc(NC(=O)C(C)Sc2nnc(N)s2)cc1C. The lowest BCUT2D eigenvalue weighted by Gasteiger charge is -2.11. The number of nitrogens with two attached hydrogens (primary N) is 1. The van der Waals surface area contributed by atoms with Crippen molar-refractivity contribution in [1.29, 1.82) is 0 Å². The first-order valence-corrected chi connectivity index (χ1v) is 7.79. The molecule has 2 rings (SSSR count). The highest BCUT2D eigenvalue weighted by Gasteiger charge is 2.17. The second-order valence-electron chi connectivity index (χ2n) is 4.45. The van der Waals surface area contributed by atoms with E-state index in [9.17, 15) is 4.79 Å². The molecule has 0 fully saturated rings. The molecule has 1 atom stereocenters. The third kappa shape index (κ3) is 3.71. The maximum atomic E-state index is 12.1. The smallest absolute Gasteiger partial charge is 0.237 e. The van der Waals surface area contributed by atoms with Gasteiger partial charge in [0.05, 0.1) is 5.25 Å². The summed E-state index contributed by atoms with van der Waals surface area (Å²) in [6.45, 7) is 5.89. The standard InChI is InChI=1S/C13H16N4OS2/c1-7-4-5-10(6-8(7)2)15-11(18)9(3)19-13-17-16-12(14)20-13/h4-6,9H,1-3H3,(H2,14,16)(H,15,18). The van der Waals surface area contributed by atoms with Gasteiger partial charge in [0.2, 0.25) is 11.0 Å². The summed E-state index contributed by atoms with van der Waals surface area (Å²) in [6, 6.07) is 5.86. The fourth-order valence-corrected chi connectivity index (χ4v) is 3.32. The van der Waals surface area contributed by atoms with Crippen LogP contribution in [0.15, 0.2) is 22.5 Å². The molecule has 0 aliphatic heterocycles. The van der Waals surface area contributed by atoms with Gasteiger partial charge >= 0.3 is 0 Å². The molecule has 0 spiro atoms. The summed E-state index contributed by atoms with van der Waals surface area (Å²) >= 11 is 2.63. The van der Waals surface area contributed by atoms with Gasteiger partial charge in [-0.15, -0.1) is 10.2 Å². The predicted molar refractivity (Wildman–Crippen MR) is 84.2 cm³/mol. The van der Waals surface area contributed by atoms with Crippen LogP contribution in [0.3, 0.4) is 0 Å². The van der Waals surface area contributed by atoms with Crippen LogP contribution in [0, 0.1) is 13.8 Å². The van der Waals surface area contributed by atoms with Crippen LogP contribution in [-0.2, 0) is 4.79 Å². The Hall–Kier alpha value is -1.60. The van der Waals surface area contributed by atoms with Crippen molar-refractivity contribution < 1.29 is 4.79 Å². The summed E-state index contributed by atoms with van der Waals surface area (Å²) in [7, 11) is 0. The van der Waals surface area contributed by atoms with Crippen molar-refractivity contribution in [3.63, 3.8) is 0 Å². The Morgan fingerprint density at radius 1 is 1.35 bits per heavy atom. The van der Waals surface area contributed by atoms with Gasteiger partial charge in [-0.2, -0.15) is 0 Å². The molecule has 7 heteroatoms. The molecule has 106 valence electrons. The fourth-order valence-electron chi connectivity index (χ4n) is 1.54. The molecule has 0 aliphatic rings. The zero-order valence-corrected chi connectivity index (χ0v) is 13.1. The maximum absolute atomic E-state index is 12.1. The molecule has 2 aromatic rings. The molecule has 1 heterocycles. The van der Waals surface area contributed by atoms with E-state index in [2.05, 4.69) is 15.5 Å². The number of amides is 1. The van der Waals surface area contributed by atoms with Crippen LogP contribution in [-0.4, -0.2) is 21.4 Å². The normalized spacial score (nSPS) is 12.2. The monoisotopic (exact) mass is 308 g/mol. The van der Waals surface area contributed by atoms with Crippen molar-refractivity contribution in [2.45, 2.75) is 30.4 Å². The van der Waals surface area contributed by atoms with Gasteiger partial charge in [0, 0.05) is 5.69 Å². The topological polar surface area (TPSA) is 80.9 Å². The summed E-state index contributed by atoms with van der Waals surface area (Å²) in [5.41, 5.74) is 8.68. The van der Waals surface area contributed by atoms with Crippen molar-refractivity contribution >= 4 is 39.8 Å². The van der Waals surface area contributed by atoms with Crippen molar-refractivity contribution in [3.8, 4) is 0 Å². The molecule has 3 N–H and O–H groups in total. The summed E-state index contributed by atoms with van der Waals surface area (Å²) in [5.74, 6) is -0.0629. The van der Waals surface area contributed by atoms with Gasteiger partial charge in [-0.25, -0.2) is 0 Å². The van der Waals surface area contributed by atoms with Gasteiger partial charge < -0.3 is 11.1 Å². The molecule has 1 aromatic carbocycles. The predicted octanol–water partition coefficient (Wildman–Crippen LogP) is 2.86. The summed E-state index contributed by atoms with van der Waals surface area (Å²) < 4.78 is 0.699. The first-order chi connectivity index (χ1) is 9.45. The van der Waals surface area contributed by atoms with Gasteiger partial charge in [-0.3, -0.25) is 4.79 Å². The molecular weight excluding hydrogens is 292 g/mol. The van der Waals surface area contributed by atoms with E-state index in [1.807, 2.05) is 39.0 Å². The van der Waals surface area contributed by atoms with Crippen LogP contribution in [0.1, 0.15) is 18.1 Å². The number of rotatable bonds is 4. The van der Waals surface area contributed by atoms with Gasteiger partial charge in [0.25, 0.3) is 0 Å². The Morgan fingerprint density at radius 2 is 2.10 bits per heavy atom. The number of hydrogen-bond donors (Lipinski definition) is 2. The summed E-state index contributed by atoms with van der Waals surface area (Å²) in [5, 5.41) is 10.7. The number of carbonyl (C=O) groups is 1. The van der Waals surface area contributed by atoms with Gasteiger partial charge in [-0.05, 0) is 44.0 Å². The van der Waals surface area contributed by atoms with E-state index in [4.69, 9.17) is 5.73 Å². The average molecular weight is 308 g/mol. The first-order valence-electron chi connectivity index (χ1n) is 6.09. The fraction of sp³-hybridized carbons (Fsp3) is 0.308. The van der Waals surface area contributed by atoms with E-state index in [0.29, 0.717) is 9.47 Å². The number of aryl methyl sites for hydroxylation is 2. The Kier molecular flexibility index (Phi) is 4.61. The number of nitrogen functional groups attached to an aromatic ring is 1. The Labute approximate surface area is 126 Å². The van der Waals surface area contributed by atoms with E-state index in [1.54, 1.807) is 0 Å². The molecule has 1 unspecified atom stereocenters. The quantitative estimate of drug-likeness (QED) is 0.849. The van der Waals surface area contributed by atoms with Crippen LogP contribution < -0.4 is 11.1 Å². The van der Waals surface area contributed by atoms with Gasteiger partial charge in [0.15, 0.2) is 4.34 Å². The van der Waals surface area contributed by atoms with Crippen LogP contribution in [0.25, 0.3) is 0 Å². The lowest BCUT2D eigenvalue weighted by atomic mass is 10.1. The number of benzene rings is 1. The molecule has 0 saturated carbocycles. The summed E-state index contributed by atoms with van der Waals surface area (Å²) in [4.78, 5) is 12.1. The highest BCUT2D eigenvalue weighted by Crippen LogP contribution is 2.28. The number of anilines is 2. The number of nitrogens with zero attached hydrogens (tertiary/aromatic N) is 2. The Morgan fingerprint density at radius 3 is 2.70 bits per heavy atom. The van der Waals surface area contributed by atoms with Crippen molar-refractivity contribution in [2.24, 2.45) is 0 Å². The average Bonchev–Trinajstić information content (AvgIpc) is 2.79. The van der Waals surface area contributed by atoms with E-state index in [-0.39, 0.29) is 11.2 Å². The highest BCUT2D eigenvalue weighted by molar-refractivity contribution is 8.02. The van der Waals surface area contributed by atoms with Crippen LogP contribution >= 0.6 is 23.1 Å². The molecule has 5 nitrogen and oxygen atoms in total.